The minimum atomic E-state index is -0.443. The number of anilines is 1. The summed E-state index contributed by atoms with van der Waals surface area (Å²) < 4.78 is 5.65. The van der Waals surface area contributed by atoms with Crippen LogP contribution in [0.25, 0.3) is 11.1 Å². The number of amides is 2. The van der Waals surface area contributed by atoms with Gasteiger partial charge in [-0.2, -0.15) is 0 Å². The molecule has 230 valence electrons. The predicted molar refractivity (Wildman–Crippen MR) is 172 cm³/mol. The van der Waals surface area contributed by atoms with E-state index in [1.807, 2.05) is 39.1 Å². The summed E-state index contributed by atoms with van der Waals surface area (Å²) in [4.78, 5) is 42.5. The summed E-state index contributed by atoms with van der Waals surface area (Å²) in [6.45, 7) is 15.6. The van der Waals surface area contributed by atoms with Gasteiger partial charge in [-0.3, -0.25) is 19.5 Å². The van der Waals surface area contributed by atoms with E-state index in [1.54, 1.807) is 0 Å². The number of allylic oxidation sites excluding steroid dienone is 1. The van der Waals surface area contributed by atoms with Crippen LogP contribution in [-0.4, -0.2) is 97.9 Å². The van der Waals surface area contributed by atoms with Gasteiger partial charge < -0.3 is 19.9 Å². The first kappa shape index (κ1) is 31.0. The molecule has 0 bridgehead atoms. The van der Waals surface area contributed by atoms with Crippen LogP contribution in [0, 0.1) is 12.8 Å². The number of nitrogens with zero attached hydrogens (tertiary/aromatic N) is 5. The summed E-state index contributed by atoms with van der Waals surface area (Å²) in [5.41, 5.74) is 7.22. The Morgan fingerprint density at radius 2 is 1.81 bits per heavy atom. The molecule has 3 aliphatic rings. The molecule has 5 rings (SSSR count). The fourth-order valence-electron chi connectivity index (χ4n) is 6.39. The Hall–Kier alpha value is -3.40. The Bertz CT molecular complexity index is 1370. The molecule has 1 unspecified atom stereocenters. The number of carbonyl (C=O) groups is 2. The molecular weight excluding hydrogens is 540 g/mol. The van der Waals surface area contributed by atoms with Crippen molar-refractivity contribution in [3.63, 3.8) is 0 Å². The van der Waals surface area contributed by atoms with Gasteiger partial charge in [0, 0.05) is 93.8 Å². The Labute approximate surface area is 256 Å². The second-order valence-corrected chi connectivity index (χ2v) is 12.2. The molecule has 0 saturated carbocycles. The van der Waals surface area contributed by atoms with Crippen LogP contribution in [0.3, 0.4) is 0 Å². The largest absolute Gasteiger partial charge is 0.381 e. The van der Waals surface area contributed by atoms with Crippen LogP contribution in [0.2, 0.25) is 0 Å². The van der Waals surface area contributed by atoms with Crippen LogP contribution in [-0.2, 0) is 16.1 Å². The molecule has 3 aliphatic heterocycles. The first-order valence-electron chi connectivity index (χ1n) is 15.6. The third kappa shape index (κ3) is 7.40. The summed E-state index contributed by atoms with van der Waals surface area (Å²) in [5.74, 6) is -0.833. The summed E-state index contributed by atoms with van der Waals surface area (Å²) in [6.07, 6.45) is 5.75. The molecule has 1 aromatic heterocycles. The Kier molecular flexibility index (Phi) is 10.1. The number of pyridine rings is 1. The van der Waals surface area contributed by atoms with Crippen LogP contribution in [0.1, 0.15) is 55.2 Å². The van der Waals surface area contributed by atoms with E-state index < -0.39 is 5.92 Å². The smallest absolute Gasteiger partial charge is 0.254 e. The zero-order chi connectivity index (χ0) is 30.5. The van der Waals surface area contributed by atoms with E-state index in [9.17, 15) is 9.59 Å². The van der Waals surface area contributed by atoms with Gasteiger partial charge >= 0.3 is 0 Å². The number of dihydropyridines is 1. The van der Waals surface area contributed by atoms with Crippen LogP contribution < -0.4 is 10.2 Å². The van der Waals surface area contributed by atoms with Crippen LogP contribution in [0.15, 0.2) is 47.1 Å². The zero-order valence-corrected chi connectivity index (χ0v) is 26.4. The second-order valence-electron chi connectivity index (χ2n) is 12.2. The standard InChI is InChI=1S/C34H46N6O3/c1-6-40(29-9-15-43-16-10-29)32-19-27(26-7-8-28(35-20-26)22-39-13-11-38(5)12-14-39)18-30(25(32)4)33(41)36-21-31-23(2)17-24(3)37-34(31)42/h7-8,17-20,29,31H,6,9-16,21-22H2,1-5H3,(H,36,41). The average molecular weight is 587 g/mol. The number of nitrogens with one attached hydrogen (secondary N) is 1. The lowest BCUT2D eigenvalue weighted by atomic mass is 9.94. The average Bonchev–Trinajstić information content (AvgIpc) is 3.00. The van der Waals surface area contributed by atoms with Crippen molar-refractivity contribution >= 4 is 23.2 Å². The lowest BCUT2D eigenvalue weighted by Crippen LogP contribution is -2.43. The molecule has 0 spiro atoms. The van der Waals surface area contributed by atoms with E-state index in [4.69, 9.17) is 9.72 Å². The number of rotatable bonds is 9. The normalized spacial score (nSPS) is 20.5. The molecule has 2 amide bonds. The maximum Gasteiger partial charge on any atom is 0.254 e. The van der Waals surface area contributed by atoms with E-state index >= 15 is 0 Å². The number of aromatic nitrogens is 1. The molecule has 0 radical (unpaired) electrons. The highest BCUT2D eigenvalue weighted by Crippen LogP contribution is 2.34. The molecule has 2 aromatic rings. The van der Waals surface area contributed by atoms with Crippen molar-refractivity contribution < 1.29 is 14.3 Å². The van der Waals surface area contributed by atoms with Gasteiger partial charge in [-0.05, 0) is 83.0 Å². The van der Waals surface area contributed by atoms with Crippen molar-refractivity contribution in [2.24, 2.45) is 10.9 Å². The number of likely N-dealkylation sites (N-methyl/N-ethyl adjacent to an activating group) is 1. The maximum atomic E-state index is 13.8. The van der Waals surface area contributed by atoms with E-state index in [1.165, 1.54) is 0 Å². The summed E-state index contributed by atoms with van der Waals surface area (Å²) in [5, 5.41) is 3.05. The van der Waals surface area contributed by atoms with Crippen molar-refractivity contribution in [3.05, 3.63) is 58.9 Å². The molecule has 1 aromatic carbocycles. The third-order valence-electron chi connectivity index (χ3n) is 9.08. The maximum absolute atomic E-state index is 13.8. The van der Waals surface area contributed by atoms with Gasteiger partial charge in [-0.15, -0.1) is 0 Å². The summed E-state index contributed by atoms with van der Waals surface area (Å²) >= 11 is 0. The highest BCUT2D eigenvalue weighted by atomic mass is 16.5. The monoisotopic (exact) mass is 586 g/mol. The summed E-state index contributed by atoms with van der Waals surface area (Å²) in [6, 6.07) is 8.75. The van der Waals surface area contributed by atoms with Gasteiger partial charge in [0.2, 0.25) is 0 Å². The quantitative estimate of drug-likeness (QED) is 0.473. The van der Waals surface area contributed by atoms with Crippen LogP contribution >= 0.6 is 0 Å². The highest BCUT2D eigenvalue weighted by molar-refractivity contribution is 6.06. The van der Waals surface area contributed by atoms with Gasteiger partial charge in [-0.1, -0.05) is 11.6 Å². The Morgan fingerprint density at radius 1 is 1.07 bits per heavy atom. The number of piperazine rings is 1. The number of aliphatic imine (C=N–C) groups is 1. The number of hydrogen-bond donors (Lipinski definition) is 1. The fraction of sp³-hybridized carbons (Fsp3) is 0.529. The zero-order valence-electron chi connectivity index (χ0n) is 26.4. The van der Waals surface area contributed by atoms with Gasteiger partial charge in [-0.25, -0.2) is 4.99 Å². The molecule has 43 heavy (non-hydrogen) atoms. The predicted octanol–water partition coefficient (Wildman–Crippen LogP) is 4.10. The molecule has 0 aliphatic carbocycles. The topological polar surface area (TPSA) is 90.4 Å². The first-order valence-corrected chi connectivity index (χ1v) is 15.6. The molecule has 1 atom stereocenters. The number of hydrogen-bond acceptors (Lipinski definition) is 7. The van der Waals surface area contributed by atoms with E-state index in [2.05, 4.69) is 57.2 Å². The van der Waals surface area contributed by atoms with Gasteiger partial charge in [0.1, 0.15) is 0 Å². The van der Waals surface area contributed by atoms with Crippen molar-refractivity contribution in [1.82, 2.24) is 20.1 Å². The Balaban J connectivity index is 1.42. The van der Waals surface area contributed by atoms with E-state index in [0.29, 0.717) is 17.3 Å². The number of carbonyl (C=O) groups excluding carboxylic acids is 2. The third-order valence-corrected chi connectivity index (χ3v) is 9.08. The van der Waals surface area contributed by atoms with Gasteiger partial charge in [0.05, 0.1) is 11.6 Å². The molecule has 4 heterocycles. The fourth-order valence-corrected chi connectivity index (χ4v) is 6.39. The SMILES string of the molecule is CCN(c1cc(-c2ccc(CN3CCN(C)CC3)nc2)cc(C(=O)NCC2C(=O)N=C(C)C=C2C)c1C)C1CCOCC1. The van der Waals surface area contributed by atoms with Crippen LogP contribution in [0.5, 0.6) is 0 Å². The van der Waals surface area contributed by atoms with Gasteiger partial charge in [0.15, 0.2) is 0 Å². The first-order chi connectivity index (χ1) is 20.7. The molecule has 2 saturated heterocycles. The summed E-state index contributed by atoms with van der Waals surface area (Å²) in [7, 11) is 2.17. The second kappa shape index (κ2) is 13.9. The molecule has 2 fully saturated rings. The van der Waals surface area contributed by atoms with Crippen LogP contribution in [0.4, 0.5) is 5.69 Å². The Morgan fingerprint density at radius 3 is 2.47 bits per heavy atom. The number of ether oxygens (including phenoxy) is 1. The van der Waals surface area contributed by atoms with Crippen molar-refractivity contribution in [3.8, 4) is 11.1 Å². The highest BCUT2D eigenvalue weighted by Gasteiger charge is 2.27. The molecule has 9 heteroatoms. The lowest BCUT2D eigenvalue weighted by molar-refractivity contribution is -0.120. The van der Waals surface area contributed by atoms with E-state index in [0.717, 1.165) is 99.0 Å². The molecular formula is C34H46N6O3. The lowest BCUT2D eigenvalue weighted by Gasteiger charge is -2.37. The minimum Gasteiger partial charge on any atom is -0.381 e. The van der Waals surface area contributed by atoms with E-state index in [-0.39, 0.29) is 18.4 Å². The number of benzene rings is 1. The van der Waals surface area contributed by atoms with Crippen molar-refractivity contribution in [2.75, 3.05) is 64.4 Å². The van der Waals surface area contributed by atoms with Crippen molar-refractivity contribution in [2.45, 2.75) is 53.1 Å². The molecule has 1 N–H and O–H groups in total. The van der Waals surface area contributed by atoms with Crippen molar-refractivity contribution in [1.29, 1.82) is 0 Å². The molecule has 9 nitrogen and oxygen atoms in total. The minimum absolute atomic E-state index is 0.185. The van der Waals surface area contributed by atoms with Gasteiger partial charge in [0.25, 0.3) is 11.8 Å².